The predicted octanol–water partition coefficient (Wildman–Crippen LogP) is 4.46. The van der Waals surface area contributed by atoms with Crippen LogP contribution in [-0.4, -0.2) is 17.2 Å². The highest BCUT2D eigenvalue weighted by Crippen LogP contribution is 2.33. The molecule has 2 aromatic carbocycles. The summed E-state index contributed by atoms with van der Waals surface area (Å²) in [6.07, 6.45) is 1.75. The first kappa shape index (κ1) is 13.7. The molecule has 5 heteroatoms. The van der Waals surface area contributed by atoms with E-state index < -0.39 is 0 Å². The SMILES string of the molecule is COc1cc(O)ccc1Nc1ccnc2cc(Br)ccc12. The van der Waals surface area contributed by atoms with Gasteiger partial charge in [-0.05, 0) is 36.4 Å². The van der Waals surface area contributed by atoms with Crippen LogP contribution in [0.1, 0.15) is 0 Å². The molecule has 21 heavy (non-hydrogen) atoms. The second kappa shape index (κ2) is 5.61. The lowest BCUT2D eigenvalue weighted by Gasteiger charge is -2.13. The number of methoxy groups -OCH3 is 1. The van der Waals surface area contributed by atoms with Crippen LogP contribution < -0.4 is 10.1 Å². The Hall–Kier alpha value is -2.27. The van der Waals surface area contributed by atoms with E-state index in [0.29, 0.717) is 5.75 Å². The van der Waals surface area contributed by atoms with E-state index >= 15 is 0 Å². The molecule has 0 aliphatic rings. The first-order valence-electron chi connectivity index (χ1n) is 6.35. The Morgan fingerprint density at radius 1 is 1.10 bits per heavy atom. The standard InChI is InChI=1S/C16H13BrN2O2/c1-21-16-9-11(20)3-5-14(16)19-13-6-7-18-15-8-10(17)2-4-12(13)15/h2-9,20H,1H3,(H,18,19). The Balaban J connectivity index is 2.06. The zero-order chi connectivity index (χ0) is 14.8. The highest BCUT2D eigenvalue weighted by molar-refractivity contribution is 9.10. The molecule has 3 aromatic rings. The molecule has 2 N–H and O–H groups in total. The average Bonchev–Trinajstić information content (AvgIpc) is 2.49. The van der Waals surface area contributed by atoms with E-state index in [-0.39, 0.29) is 5.75 Å². The average molecular weight is 345 g/mol. The van der Waals surface area contributed by atoms with Gasteiger partial charge in [0.25, 0.3) is 0 Å². The monoisotopic (exact) mass is 344 g/mol. The van der Waals surface area contributed by atoms with Gasteiger partial charge in [0.15, 0.2) is 0 Å². The largest absolute Gasteiger partial charge is 0.508 e. The quantitative estimate of drug-likeness (QED) is 0.689. The third-order valence-corrected chi connectivity index (χ3v) is 3.65. The fraction of sp³-hybridized carbons (Fsp3) is 0.0625. The Bertz CT molecular complexity index is 805. The van der Waals surface area contributed by atoms with Gasteiger partial charge in [-0.25, -0.2) is 0 Å². The number of fused-ring (bicyclic) bond motifs is 1. The molecule has 0 saturated heterocycles. The van der Waals surface area contributed by atoms with Crippen LogP contribution in [0.15, 0.2) is 53.1 Å². The molecule has 0 amide bonds. The van der Waals surface area contributed by atoms with Crippen LogP contribution in [-0.2, 0) is 0 Å². The normalized spacial score (nSPS) is 10.6. The molecule has 106 valence electrons. The zero-order valence-corrected chi connectivity index (χ0v) is 12.9. The zero-order valence-electron chi connectivity index (χ0n) is 11.3. The first-order chi connectivity index (χ1) is 10.2. The lowest BCUT2D eigenvalue weighted by atomic mass is 10.1. The van der Waals surface area contributed by atoms with Gasteiger partial charge in [0.05, 0.1) is 18.3 Å². The van der Waals surface area contributed by atoms with Gasteiger partial charge < -0.3 is 15.2 Å². The number of hydrogen-bond donors (Lipinski definition) is 2. The number of halogens is 1. The van der Waals surface area contributed by atoms with E-state index in [9.17, 15) is 5.11 Å². The van der Waals surface area contributed by atoms with E-state index in [1.807, 2.05) is 24.3 Å². The minimum absolute atomic E-state index is 0.168. The molecule has 0 radical (unpaired) electrons. The van der Waals surface area contributed by atoms with Crippen molar-refractivity contribution in [2.24, 2.45) is 0 Å². The lowest BCUT2D eigenvalue weighted by Crippen LogP contribution is -1.96. The van der Waals surface area contributed by atoms with Crippen molar-refractivity contribution < 1.29 is 9.84 Å². The van der Waals surface area contributed by atoms with Crippen molar-refractivity contribution in [2.45, 2.75) is 0 Å². The van der Waals surface area contributed by atoms with Crippen molar-refractivity contribution in [1.82, 2.24) is 4.98 Å². The molecule has 4 nitrogen and oxygen atoms in total. The van der Waals surface area contributed by atoms with Crippen molar-refractivity contribution in [1.29, 1.82) is 0 Å². The Morgan fingerprint density at radius 3 is 2.76 bits per heavy atom. The molecular weight excluding hydrogens is 332 g/mol. The maximum absolute atomic E-state index is 9.51. The topological polar surface area (TPSA) is 54.4 Å². The maximum Gasteiger partial charge on any atom is 0.145 e. The second-order valence-electron chi connectivity index (χ2n) is 4.53. The van der Waals surface area contributed by atoms with Gasteiger partial charge in [0.2, 0.25) is 0 Å². The number of hydrogen-bond acceptors (Lipinski definition) is 4. The molecule has 3 rings (SSSR count). The van der Waals surface area contributed by atoms with E-state index in [1.165, 1.54) is 0 Å². The Labute approximate surface area is 130 Å². The predicted molar refractivity (Wildman–Crippen MR) is 87.4 cm³/mol. The number of phenols is 1. The van der Waals surface area contributed by atoms with Crippen LogP contribution >= 0.6 is 15.9 Å². The first-order valence-corrected chi connectivity index (χ1v) is 7.15. The number of benzene rings is 2. The number of rotatable bonds is 3. The van der Waals surface area contributed by atoms with E-state index in [1.54, 1.807) is 31.5 Å². The minimum atomic E-state index is 0.168. The summed E-state index contributed by atoms with van der Waals surface area (Å²) in [6, 6.07) is 12.8. The van der Waals surface area contributed by atoms with Gasteiger partial charge in [0, 0.05) is 27.8 Å². The summed E-state index contributed by atoms with van der Waals surface area (Å²) >= 11 is 3.45. The van der Waals surface area contributed by atoms with Gasteiger partial charge in [-0.15, -0.1) is 0 Å². The smallest absolute Gasteiger partial charge is 0.145 e. The molecule has 0 aliphatic carbocycles. The third-order valence-electron chi connectivity index (χ3n) is 3.16. The molecule has 1 aromatic heterocycles. The number of nitrogens with one attached hydrogen (secondary N) is 1. The van der Waals surface area contributed by atoms with E-state index in [4.69, 9.17) is 4.74 Å². The Morgan fingerprint density at radius 2 is 1.95 bits per heavy atom. The van der Waals surface area contributed by atoms with Gasteiger partial charge in [-0.3, -0.25) is 4.98 Å². The summed E-state index contributed by atoms with van der Waals surface area (Å²) in [5.41, 5.74) is 2.61. The van der Waals surface area contributed by atoms with Crippen LogP contribution in [0, 0.1) is 0 Å². The number of phenolic OH excluding ortho intramolecular Hbond substituents is 1. The highest BCUT2D eigenvalue weighted by atomic mass is 79.9. The van der Waals surface area contributed by atoms with Crippen molar-refractivity contribution >= 4 is 38.2 Å². The number of aromatic hydroxyl groups is 1. The van der Waals surface area contributed by atoms with Crippen LogP contribution in [0.3, 0.4) is 0 Å². The van der Waals surface area contributed by atoms with Gasteiger partial charge in [-0.2, -0.15) is 0 Å². The summed E-state index contributed by atoms with van der Waals surface area (Å²) in [5.74, 6) is 0.748. The molecule has 0 spiro atoms. The second-order valence-corrected chi connectivity index (χ2v) is 5.45. The fourth-order valence-electron chi connectivity index (χ4n) is 2.16. The number of anilines is 2. The van der Waals surface area contributed by atoms with Crippen molar-refractivity contribution in [3.05, 3.63) is 53.1 Å². The molecule has 0 atom stereocenters. The van der Waals surface area contributed by atoms with Crippen LogP contribution in [0.4, 0.5) is 11.4 Å². The molecule has 1 heterocycles. The summed E-state index contributed by atoms with van der Waals surface area (Å²) < 4.78 is 6.27. The number of aromatic nitrogens is 1. The van der Waals surface area contributed by atoms with Crippen molar-refractivity contribution in [3.63, 3.8) is 0 Å². The molecule has 0 fully saturated rings. The minimum Gasteiger partial charge on any atom is -0.508 e. The van der Waals surface area contributed by atoms with Crippen molar-refractivity contribution in [2.75, 3.05) is 12.4 Å². The van der Waals surface area contributed by atoms with Gasteiger partial charge in [-0.1, -0.05) is 15.9 Å². The van der Waals surface area contributed by atoms with Crippen molar-refractivity contribution in [3.8, 4) is 11.5 Å². The van der Waals surface area contributed by atoms with E-state index in [2.05, 4.69) is 26.2 Å². The summed E-state index contributed by atoms with van der Waals surface area (Å²) in [6.45, 7) is 0. The number of nitrogens with zero attached hydrogens (tertiary/aromatic N) is 1. The number of ether oxygens (including phenoxy) is 1. The van der Waals surface area contributed by atoms with Gasteiger partial charge in [0.1, 0.15) is 11.5 Å². The molecule has 0 saturated carbocycles. The maximum atomic E-state index is 9.51. The Kier molecular flexibility index (Phi) is 3.66. The lowest BCUT2D eigenvalue weighted by molar-refractivity contribution is 0.409. The van der Waals surface area contributed by atoms with Gasteiger partial charge >= 0.3 is 0 Å². The summed E-state index contributed by atoms with van der Waals surface area (Å²) in [5, 5.41) is 13.8. The fourth-order valence-corrected chi connectivity index (χ4v) is 2.51. The molecule has 0 unspecified atom stereocenters. The van der Waals surface area contributed by atoms with Crippen LogP contribution in [0.25, 0.3) is 10.9 Å². The molecular formula is C16H13BrN2O2. The molecule has 0 aliphatic heterocycles. The third kappa shape index (κ3) is 2.78. The van der Waals surface area contributed by atoms with Crippen LogP contribution in [0.2, 0.25) is 0 Å². The summed E-state index contributed by atoms with van der Waals surface area (Å²) in [7, 11) is 1.57. The molecule has 0 bridgehead atoms. The summed E-state index contributed by atoms with van der Waals surface area (Å²) in [4.78, 5) is 4.36. The van der Waals surface area contributed by atoms with Crippen LogP contribution in [0.5, 0.6) is 11.5 Å². The number of pyridine rings is 1. The van der Waals surface area contributed by atoms with E-state index in [0.717, 1.165) is 26.8 Å². The highest BCUT2D eigenvalue weighted by Gasteiger charge is 2.07.